The highest BCUT2D eigenvalue weighted by atomic mass is 31.1. The summed E-state index contributed by atoms with van der Waals surface area (Å²) in [5.74, 6) is 0. The van der Waals surface area contributed by atoms with Crippen molar-refractivity contribution in [3.8, 4) is 0 Å². The Hall–Kier alpha value is 0.390. The molecule has 44 valence electrons. The summed E-state index contributed by atoms with van der Waals surface area (Å²) in [5, 5.41) is 0. The van der Waals surface area contributed by atoms with Crippen molar-refractivity contribution in [1.82, 2.24) is 0 Å². The standard InChI is InChI=1S/C5H13OP/c1-4-6-5-7(2)3/h4-5H2,1-3H3. The molecule has 2 heteroatoms. The number of hydrogen-bond acceptors (Lipinski definition) is 1. The molecule has 1 nitrogen and oxygen atoms in total. The third-order valence-corrected chi connectivity index (χ3v) is 1.25. The Labute approximate surface area is 46.8 Å². The van der Waals surface area contributed by atoms with Crippen molar-refractivity contribution < 1.29 is 4.74 Å². The first kappa shape index (κ1) is 7.39. The molecule has 0 saturated carbocycles. The van der Waals surface area contributed by atoms with Crippen LogP contribution in [0.3, 0.4) is 0 Å². The number of rotatable bonds is 3. The van der Waals surface area contributed by atoms with Crippen molar-refractivity contribution in [3.05, 3.63) is 0 Å². The molecule has 0 aliphatic carbocycles. The number of ether oxygens (including phenoxy) is 1. The Morgan fingerprint density at radius 1 is 1.43 bits per heavy atom. The average molecular weight is 120 g/mol. The van der Waals surface area contributed by atoms with Crippen molar-refractivity contribution >= 4 is 7.92 Å². The first-order chi connectivity index (χ1) is 3.27. The van der Waals surface area contributed by atoms with E-state index in [4.69, 9.17) is 4.74 Å². The quantitative estimate of drug-likeness (QED) is 0.515. The first-order valence-electron chi connectivity index (χ1n) is 2.50. The Kier molecular flexibility index (Phi) is 4.80. The Morgan fingerprint density at radius 2 is 2.00 bits per heavy atom. The van der Waals surface area contributed by atoms with Gasteiger partial charge in [0.2, 0.25) is 0 Å². The van der Waals surface area contributed by atoms with E-state index in [1.807, 2.05) is 6.92 Å². The maximum Gasteiger partial charge on any atom is 0.0653 e. The fraction of sp³-hybridized carbons (Fsp3) is 1.00. The lowest BCUT2D eigenvalue weighted by molar-refractivity contribution is 0.196. The van der Waals surface area contributed by atoms with Crippen LogP contribution in [0.5, 0.6) is 0 Å². The minimum Gasteiger partial charge on any atom is -0.377 e. The molecule has 0 aliphatic rings. The van der Waals surface area contributed by atoms with E-state index in [0.29, 0.717) is 0 Å². The van der Waals surface area contributed by atoms with Crippen LogP contribution in [0.15, 0.2) is 0 Å². The highest BCUT2D eigenvalue weighted by Gasteiger charge is 1.87. The van der Waals surface area contributed by atoms with Gasteiger partial charge < -0.3 is 4.74 Å². The lowest BCUT2D eigenvalue weighted by Gasteiger charge is -2.02. The van der Waals surface area contributed by atoms with Crippen molar-refractivity contribution in [2.75, 3.05) is 26.3 Å². The molecule has 0 fully saturated rings. The number of hydrogen-bond donors (Lipinski definition) is 0. The summed E-state index contributed by atoms with van der Waals surface area (Å²) >= 11 is 0. The van der Waals surface area contributed by atoms with Crippen LogP contribution in [0, 0.1) is 0 Å². The molecule has 0 aliphatic heterocycles. The summed E-state index contributed by atoms with van der Waals surface area (Å²) in [6.45, 7) is 7.31. The van der Waals surface area contributed by atoms with Crippen LogP contribution in [-0.2, 0) is 4.74 Å². The molecule has 0 aromatic rings. The molecule has 0 bridgehead atoms. The van der Waals surface area contributed by atoms with Crippen molar-refractivity contribution in [2.24, 2.45) is 0 Å². The molecule has 7 heavy (non-hydrogen) atoms. The van der Waals surface area contributed by atoms with Gasteiger partial charge in [0.15, 0.2) is 0 Å². The van der Waals surface area contributed by atoms with Gasteiger partial charge in [-0.05, 0) is 20.3 Å². The fourth-order valence-electron chi connectivity index (χ4n) is 0.274. The zero-order valence-corrected chi connectivity index (χ0v) is 6.16. The molecule has 0 unspecified atom stereocenters. The van der Waals surface area contributed by atoms with E-state index in [0.717, 1.165) is 13.0 Å². The van der Waals surface area contributed by atoms with Gasteiger partial charge in [-0.25, -0.2) is 0 Å². The van der Waals surface area contributed by atoms with E-state index in [2.05, 4.69) is 13.3 Å². The summed E-state index contributed by atoms with van der Waals surface area (Å²) < 4.78 is 5.12. The van der Waals surface area contributed by atoms with E-state index in [-0.39, 0.29) is 7.92 Å². The van der Waals surface area contributed by atoms with Crippen LogP contribution in [0.1, 0.15) is 6.92 Å². The van der Waals surface area contributed by atoms with Gasteiger partial charge in [0, 0.05) is 6.61 Å². The van der Waals surface area contributed by atoms with Crippen LogP contribution in [0.25, 0.3) is 0 Å². The van der Waals surface area contributed by atoms with E-state index in [9.17, 15) is 0 Å². The largest absolute Gasteiger partial charge is 0.377 e. The molecule has 0 rings (SSSR count). The average Bonchev–Trinajstić information content (AvgIpc) is 1.61. The molecule has 0 aromatic heterocycles. The predicted octanol–water partition coefficient (Wildman–Crippen LogP) is 1.72. The predicted molar refractivity (Wildman–Crippen MR) is 35.3 cm³/mol. The highest BCUT2D eigenvalue weighted by Crippen LogP contribution is 2.22. The van der Waals surface area contributed by atoms with Gasteiger partial charge in [-0.3, -0.25) is 0 Å². The zero-order chi connectivity index (χ0) is 5.70. The molecule has 0 spiro atoms. The lowest BCUT2D eigenvalue weighted by atomic mass is 10.9. The van der Waals surface area contributed by atoms with Gasteiger partial charge in [0.1, 0.15) is 0 Å². The first-order valence-corrected chi connectivity index (χ1v) is 4.92. The van der Waals surface area contributed by atoms with Crippen molar-refractivity contribution in [1.29, 1.82) is 0 Å². The maximum atomic E-state index is 5.12. The summed E-state index contributed by atoms with van der Waals surface area (Å²) in [5.41, 5.74) is 0. The SMILES string of the molecule is CCOCP(C)C. The zero-order valence-electron chi connectivity index (χ0n) is 5.27. The molecule has 0 radical (unpaired) electrons. The van der Waals surface area contributed by atoms with Crippen molar-refractivity contribution in [2.45, 2.75) is 6.92 Å². The van der Waals surface area contributed by atoms with Crippen molar-refractivity contribution in [3.63, 3.8) is 0 Å². The van der Waals surface area contributed by atoms with Crippen LogP contribution < -0.4 is 0 Å². The van der Waals surface area contributed by atoms with Gasteiger partial charge in [0.25, 0.3) is 0 Å². The van der Waals surface area contributed by atoms with Crippen LogP contribution >= 0.6 is 7.92 Å². The molecule has 0 N–H and O–H groups in total. The normalized spacial score (nSPS) is 10.3. The Morgan fingerprint density at radius 3 is 2.14 bits per heavy atom. The molecule has 0 heterocycles. The Bertz CT molecular complexity index is 37.1. The summed E-state index contributed by atoms with van der Waals surface area (Å²) in [4.78, 5) is 0. The fourth-order valence-corrected chi connectivity index (χ4v) is 0.822. The lowest BCUT2D eigenvalue weighted by Crippen LogP contribution is -1.88. The topological polar surface area (TPSA) is 9.23 Å². The van der Waals surface area contributed by atoms with E-state index in [1.54, 1.807) is 0 Å². The second-order valence-electron chi connectivity index (χ2n) is 1.70. The second kappa shape index (κ2) is 4.55. The van der Waals surface area contributed by atoms with Gasteiger partial charge in [-0.2, -0.15) is 0 Å². The third kappa shape index (κ3) is 6.39. The van der Waals surface area contributed by atoms with Gasteiger partial charge >= 0.3 is 0 Å². The molecule has 0 saturated heterocycles. The second-order valence-corrected chi connectivity index (χ2v) is 4.12. The highest BCUT2D eigenvalue weighted by molar-refractivity contribution is 7.55. The van der Waals surface area contributed by atoms with Crippen LogP contribution in [0.2, 0.25) is 0 Å². The molecule has 0 amide bonds. The third-order valence-electron chi connectivity index (χ3n) is 0.554. The minimum atomic E-state index is 0.171. The van der Waals surface area contributed by atoms with Gasteiger partial charge in [0.05, 0.1) is 6.35 Å². The molecule has 0 aromatic carbocycles. The summed E-state index contributed by atoms with van der Waals surface area (Å²) in [6.07, 6.45) is 0.964. The summed E-state index contributed by atoms with van der Waals surface area (Å²) in [6, 6.07) is 0. The molecule has 0 atom stereocenters. The van der Waals surface area contributed by atoms with Gasteiger partial charge in [-0.15, -0.1) is 0 Å². The molecular weight excluding hydrogens is 107 g/mol. The minimum absolute atomic E-state index is 0.171. The Balaban J connectivity index is 2.68. The smallest absolute Gasteiger partial charge is 0.0653 e. The van der Waals surface area contributed by atoms with Crippen LogP contribution in [-0.4, -0.2) is 26.3 Å². The van der Waals surface area contributed by atoms with E-state index < -0.39 is 0 Å². The van der Waals surface area contributed by atoms with Crippen LogP contribution in [0.4, 0.5) is 0 Å². The van der Waals surface area contributed by atoms with E-state index in [1.165, 1.54) is 0 Å². The van der Waals surface area contributed by atoms with Gasteiger partial charge in [-0.1, -0.05) is 7.92 Å². The van der Waals surface area contributed by atoms with E-state index >= 15 is 0 Å². The maximum absolute atomic E-state index is 5.12. The monoisotopic (exact) mass is 120 g/mol. The summed E-state index contributed by atoms with van der Waals surface area (Å²) in [7, 11) is 0.171. The molecular formula is C5H13OP.